The molecule has 0 amide bonds. The molecule has 1 heterocycles. The van der Waals surface area contributed by atoms with Gasteiger partial charge in [0.25, 0.3) is 0 Å². The fourth-order valence-corrected chi connectivity index (χ4v) is 2.69. The highest BCUT2D eigenvalue weighted by molar-refractivity contribution is 14.0. The van der Waals surface area contributed by atoms with Crippen LogP contribution in [0.2, 0.25) is 0 Å². The number of nitrogens with zero attached hydrogens (tertiary/aromatic N) is 3. The Morgan fingerprint density at radius 1 is 1.29 bits per heavy atom. The van der Waals surface area contributed by atoms with Crippen molar-refractivity contribution in [2.45, 2.75) is 25.8 Å². The highest BCUT2D eigenvalue weighted by Crippen LogP contribution is 2.24. The second-order valence-corrected chi connectivity index (χ2v) is 7.04. The molecule has 2 rings (SSSR count). The fourth-order valence-electron chi connectivity index (χ4n) is 2.29. The van der Waals surface area contributed by atoms with Gasteiger partial charge in [0, 0.05) is 36.7 Å². The van der Waals surface area contributed by atoms with Crippen molar-refractivity contribution < 1.29 is 0 Å². The summed E-state index contributed by atoms with van der Waals surface area (Å²) >= 11 is 3.54. The van der Waals surface area contributed by atoms with Gasteiger partial charge < -0.3 is 10.6 Å². The van der Waals surface area contributed by atoms with Crippen molar-refractivity contribution in [3.05, 3.63) is 52.3 Å². The molecular formula is C17H25BrIN5. The molecule has 0 saturated heterocycles. The number of aliphatic imine (C=N–C) groups is 1. The van der Waals surface area contributed by atoms with Gasteiger partial charge in [0.15, 0.2) is 5.96 Å². The van der Waals surface area contributed by atoms with Crippen LogP contribution in [0.4, 0.5) is 0 Å². The lowest BCUT2D eigenvalue weighted by molar-refractivity contribution is 0.508. The number of aryl methyl sites for hydroxylation is 1. The van der Waals surface area contributed by atoms with Crippen molar-refractivity contribution in [3.63, 3.8) is 0 Å². The lowest BCUT2D eigenvalue weighted by Gasteiger charge is -2.27. The van der Waals surface area contributed by atoms with Gasteiger partial charge in [0.2, 0.25) is 0 Å². The van der Waals surface area contributed by atoms with E-state index in [0.717, 1.165) is 22.7 Å². The van der Waals surface area contributed by atoms with E-state index in [1.165, 1.54) is 5.56 Å². The van der Waals surface area contributed by atoms with Crippen LogP contribution in [0.15, 0.2) is 46.0 Å². The van der Waals surface area contributed by atoms with Crippen LogP contribution in [-0.4, -0.2) is 29.3 Å². The molecule has 1 aromatic heterocycles. The Bertz CT molecular complexity index is 681. The molecule has 0 radical (unpaired) electrons. The number of benzene rings is 1. The molecule has 0 spiro atoms. The maximum Gasteiger partial charge on any atom is 0.191 e. The number of halogens is 2. The van der Waals surface area contributed by atoms with Gasteiger partial charge in [0.05, 0.1) is 12.2 Å². The molecule has 1 aromatic carbocycles. The van der Waals surface area contributed by atoms with E-state index in [0.29, 0.717) is 6.54 Å². The Hall–Kier alpha value is -1.09. The maximum absolute atomic E-state index is 4.29. The summed E-state index contributed by atoms with van der Waals surface area (Å²) < 4.78 is 2.95. The van der Waals surface area contributed by atoms with Crippen molar-refractivity contribution in [3.8, 4) is 0 Å². The van der Waals surface area contributed by atoms with E-state index in [9.17, 15) is 0 Å². The molecule has 0 aliphatic carbocycles. The minimum Gasteiger partial charge on any atom is -0.356 e. The average molecular weight is 506 g/mol. The maximum atomic E-state index is 4.29. The molecule has 0 atom stereocenters. The molecule has 5 nitrogen and oxygen atoms in total. The number of nitrogens with one attached hydrogen (secondary N) is 2. The normalized spacial score (nSPS) is 11.8. The first-order valence-electron chi connectivity index (χ1n) is 7.60. The van der Waals surface area contributed by atoms with E-state index in [1.807, 2.05) is 23.9 Å². The molecule has 0 unspecified atom stereocenters. The Morgan fingerprint density at radius 2 is 2.04 bits per heavy atom. The lowest BCUT2D eigenvalue weighted by Crippen LogP contribution is -2.43. The SMILES string of the molecule is CN=C(NCc1ccnn1C)NCC(C)(C)c1cccc(Br)c1.I. The van der Waals surface area contributed by atoms with Crippen LogP contribution in [-0.2, 0) is 19.0 Å². The largest absolute Gasteiger partial charge is 0.356 e. The second-order valence-electron chi connectivity index (χ2n) is 6.12. The summed E-state index contributed by atoms with van der Waals surface area (Å²) in [5.74, 6) is 0.786. The Balaban J connectivity index is 0.00000288. The molecule has 0 aliphatic rings. The highest BCUT2D eigenvalue weighted by atomic mass is 127. The van der Waals surface area contributed by atoms with Crippen LogP contribution in [0.1, 0.15) is 25.1 Å². The number of hydrogen-bond acceptors (Lipinski definition) is 2. The van der Waals surface area contributed by atoms with Crippen LogP contribution in [0.25, 0.3) is 0 Å². The minimum atomic E-state index is -0.00602. The highest BCUT2D eigenvalue weighted by Gasteiger charge is 2.21. The van der Waals surface area contributed by atoms with Gasteiger partial charge in [0.1, 0.15) is 0 Å². The zero-order chi connectivity index (χ0) is 16.9. The molecule has 0 bridgehead atoms. The Morgan fingerprint density at radius 3 is 2.62 bits per heavy atom. The summed E-state index contributed by atoms with van der Waals surface area (Å²) in [5.41, 5.74) is 2.38. The number of hydrogen-bond donors (Lipinski definition) is 2. The first kappa shape index (κ1) is 21.0. The quantitative estimate of drug-likeness (QED) is 0.372. The molecule has 132 valence electrons. The van der Waals surface area contributed by atoms with Gasteiger partial charge in [-0.25, -0.2) is 0 Å². The standard InChI is InChI=1S/C17H24BrN5.HI/c1-17(2,13-6-5-7-14(18)10-13)12-21-16(19-3)20-11-15-8-9-22-23(15)4;/h5-10H,11-12H2,1-4H3,(H2,19,20,21);1H. The molecule has 2 aromatic rings. The van der Waals surface area contributed by atoms with Crippen LogP contribution in [0, 0.1) is 0 Å². The van der Waals surface area contributed by atoms with Gasteiger partial charge in [-0.1, -0.05) is 41.9 Å². The van der Waals surface area contributed by atoms with Crippen molar-refractivity contribution >= 4 is 45.9 Å². The molecule has 24 heavy (non-hydrogen) atoms. The summed E-state index contributed by atoms with van der Waals surface area (Å²) in [6.45, 7) is 5.91. The molecule has 0 fully saturated rings. The summed E-state index contributed by atoms with van der Waals surface area (Å²) in [5, 5.41) is 10.9. The summed E-state index contributed by atoms with van der Waals surface area (Å²) in [4.78, 5) is 4.29. The van der Waals surface area contributed by atoms with Crippen molar-refractivity contribution in [2.24, 2.45) is 12.0 Å². The monoisotopic (exact) mass is 505 g/mol. The third-order valence-corrected chi connectivity index (χ3v) is 4.38. The summed E-state index contributed by atoms with van der Waals surface area (Å²) in [6, 6.07) is 10.4. The van der Waals surface area contributed by atoms with Crippen LogP contribution in [0.3, 0.4) is 0 Å². The lowest BCUT2D eigenvalue weighted by atomic mass is 9.85. The molecular weight excluding hydrogens is 481 g/mol. The predicted octanol–water partition coefficient (Wildman–Crippen LogP) is 3.44. The van der Waals surface area contributed by atoms with E-state index < -0.39 is 0 Å². The van der Waals surface area contributed by atoms with E-state index in [-0.39, 0.29) is 29.4 Å². The van der Waals surface area contributed by atoms with Crippen molar-refractivity contribution in [2.75, 3.05) is 13.6 Å². The molecule has 0 aliphatic heterocycles. The topological polar surface area (TPSA) is 54.2 Å². The summed E-state index contributed by atoms with van der Waals surface area (Å²) in [7, 11) is 3.72. The molecule has 7 heteroatoms. The third kappa shape index (κ3) is 5.77. The van der Waals surface area contributed by atoms with Crippen LogP contribution in [0.5, 0.6) is 0 Å². The van der Waals surface area contributed by atoms with Gasteiger partial charge in [-0.2, -0.15) is 5.10 Å². The third-order valence-electron chi connectivity index (χ3n) is 3.89. The average Bonchev–Trinajstić information content (AvgIpc) is 2.93. The van der Waals surface area contributed by atoms with Crippen molar-refractivity contribution in [1.29, 1.82) is 0 Å². The van der Waals surface area contributed by atoms with Gasteiger partial charge >= 0.3 is 0 Å². The molecule has 0 saturated carbocycles. The van der Waals surface area contributed by atoms with E-state index in [2.05, 4.69) is 68.7 Å². The zero-order valence-electron chi connectivity index (χ0n) is 14.5. The van der Waals surface area contributed by atoms with Crippen LogP contribution < -0.4 is 10.6 Å². The van der Waals surface area contributed by atoms with E-state index in [4.69, 9.17) is 0 Å². The predicted molar refractivity (Wildman–Crippen MR) is 114 cm³/mol. The number of rotatable bonds is 5. The zero-order valence-corrected chi connectivity index (χ0v) is 18.4. The van der Waals surface area contributed by atoms with Crippen molar-refractivity contribution in [1.82, 2.24) is 20.4 Å². The summed E-state index contributed by atoms with van der Waals surface area (Å²) in [6.07, 6.45) is 1.80. The Labute approximate surface area is 169 Å². The van der Waals surface area contributed by atoms with Gasteiger partial charge in [-0.3, -0.25) is 9.67 Å². The van der Waals surface area contributed by atoms with E-state index >= 15 is 0 Å². The molecule has 2 N–H and O–H groups in total. The fraction of sp³-hybridized carbons (Fsp3) is 0.412. The van der Waals surface area contributed by atoms with E-state index in [1.54, 1.807) is 13.2 Å². The van der Waals surface area contributed by atoms with Gasteiger partial charge in [-0.15, -0.1) is 24.0 Å². The van der Waals surface area contributed by atoms with Gasteiger partial charge in [-0.05, 0) is 23.8 Å². The smallest absolute Gasteiger partial charge is 0.191 e. The number of aromatic nitrogens is 2. The Kier molecular flexibility index (Phi) is 8.21. The first-order chi connectivity index (χ1) is 10.9. The first-order valence-corrected chi connectivity index (χ1v) is 8.39. The van der Waals surface area contributed by atoms with Crippen LogP contribution >= 0.6 is 39.9 Å². The number of guanidine groups is 1. The minimum absolute atomic E-state index is 0. The second kappa shape index (κ2) is 9.41.